The standard InChI is InChI=1S/C17H33N3OS/c1-3-18-16(19-13-15-7-6-12-22-15)20-14-17(10-11-21-2)8-4-5-9-17/h15H,3-14H2,1-2H3,(H2,18,19,20). The molecule has 4 nitrogen and oxygen atoms in total. The Labute approximate surface area is 140 Å². The Morgan fingerprint density at radius 3 is 2.73 bits per heavy atom. The summed E-state index contributed by atoms with van der Waals surface area (Å²) >= 11 is 2.09. The summed E-state index contributed by atoms with van der Waals surface area (Å²) in [6, 6.07) is 0. The maximum absolute atomic E-state index is 5.32. The SMILES string of the molecule is CCNC(=NCC1(CCOC)CCCC1)NCC1CCCS1. The first-order chi connectivity index (χ1) is 10.8. The van der Waals surface area contributed by atoms with Gasteiger partial charge in [0.1, 0.15) is 0 Å². The number of aliphatic imine (C=N–C) groups is 1. The molecule has 1 unspecified atom stereocenters. The summed E-state index contributed by atoms with van der Waals surface area (Å²) in [4.78, 5) is 4.91. The Morgan fingerprint density at radius 1 is 1.27 bits per heavy atom. The van der Waals surface area contributed by atoms with Gasteiger partial charge in [0, 0.05) is 38.6 Å². The molecule has 0 bridgehead atoms. The first-order valence-corrected chi connectivity index (χ1v) is 9.95. The van der Waals surface area contributed by atoms with E-state index >= 15 is 0 Å². The van der Waals surface area contributed by atoms with Crippen LogP contribution in [0.25, 0.3) is 0 Å². The van der Waals surface area contributed by atoms with E-state index in [0.717, 1.165) is 43.9 Å². The van der Waals surface area contributed by atoms with Crippen molar-refractivity contribution in [2.24, 2.45) is 10.4 Å². The number of rotatable bonds is 8. The second-order valence-corrected chi connectivity index (χ2v) is 8.07. The summed E-state index contributed by atoms with van der Waals surface area (Å²) in [5.74, 6) is 2.32. The lowest BCUT2D eigenvalue weighted by atomic mass is 9.83. The molecule has 128 valence electrons. The van der Waals surface area contributed by atoms with Gasteiger partial charge in [-0.05, 0) is 50.2 Å². The van der Waals surface area contributed by atoms with Crippen LogP contribution in [-0.2, 0) is 4.74 Å². The van der Waals surface area contributed by atoms with Crippen LogP contribution in [0.5, 0.6) is 0 Å². The third-order valence-corrected chi connectivity index (χ3v) is 6.34. The van der Waals surface area contributed by atoms with Gasteiger partial charge in [-0.15, -0.1) is 0 Å². The van der Waals surface area contributed by atoms with Crippen molar-refractivity contribution in [1.29, 1.82) is 0 Å². The molecular weight excluding hydrogens is 294 g/mol. The summed E-state index contributed by atoms with van der Waals surface area (Å²) < 4.78 is 5.32. The second kappa shape index (κ2) is 9.66. The van der Waals surface area contributed by atoms with Gasteiger partial charge in [-0.2, -0.15) is 11.8 Å². The van der Waals surface area contributed by atoms with Gasteiger partial charge in [0.15, 0.2) is 5.96 Å². The van der Waals surface area contributed by atoms with Crippen molar-refractivity contribution in [2.45, 2.75) is 57.1 Å². The monoisotopic (exact) mass is 327 g/mol. The lowest BCUT2D eigenvalue weighted by Crippen LogP contribution is -2.41. The Bertz CT molecular complexity index is 337. The number of ether oxygens (including phenoxy) is 1. The predicted molar refractivity (Wildman–Crippen MR) is 96.9 cm³/mol. The molecule has 2 aliphatic rings. The summed E-state index contributed by atoms with van der Waals surface area (Å²) in [7, 11) is 1.80. The number of methoxy groups -OCH3 is 1. The van der Waals surface area contributed by atoms with Crippen molar-refractivity contribution in [3.05, 3.63) is 0 Å². The van der Waals surface area contributed by atoms with Crippen molar-refractivity contribution < 1.29 is 4.74 Å². The molecule has 0 aromatic rings. The predicted octanol–water partition coefficient (Wildman–Crippen LogP) is 3.03. The molecule has 1 aliphatic carbocycles. The highest BCUT2D eigenvalue weighted by Gasteiger charge is 2.33. The number of hydrogen-bond acceptors (Lipinski definition) is 3. The van der Waals surface area contributed by atoms with Crippen LogP contribution in [0.4, 0.5) is 0 Å². The molecule has 0 radical (unpaired) electrons. The summed E-state index contributed by atoms with van der Waals surface area (Å²) in [6.07, 6.45) is 9.16. The topological polar surface area (TPSA) is 45.7 Å². The average molecular weight is 328 g/mol. The fourth-order valence-electron chi connectivity index (χ4n) is 3.54. The highest BCUT2D eigenvalue weighted by Crippen LogP contribution is 2.41. The lowest BCUT2D eigenvalue weighted by Gasteiger charge is -2.27. The van der Waals surface area contributed by atoms with Gasteiger partial charge < -0.3 is 15.4 Å². The van der Waals surface area contributed by atoms with Crippen molar-refractivity contribution in [1.82, 2.24) is 10.6 Å². The van der Waals surface area contributed by atoms with Crippen LogP contribution in [0.15, 0.2) is 4.99 Å². The van der Waals surface area contributed by atoms with Crippen LogP contribution in [0.2, 0.25) is 0 Å². The van der Waals surface area contributed by atoms with Crippen LogP contribution in [0.1, 0.15) is 51.9 Å². The molecule has 0 spiro atoms. The largest absolute Gasteiger partial charge is 0.385 e. The van der Waals surface area contributed by atoms with E-state index in [1.807, 2.05) is 0 Å². The van der Waals surface area contributed by atoms with Crippen LogP contribution in [-0.4, -0.2) is 50.3 Å². The second-order valence-electron chi connectivity index (χ2n) is 6.66. The van der Waals surface area contributed by atoms with Crippen molar-refractivity contribution in [2.75, 3.05) is 39.1 Å². The maximum Gasteiger partial charge on any atom is 0.191 e. The smallest absolute Gasteiger partial charge is 0.191 e. The molecule has 1 heterocycles. The van der Waals surface area contributed by atoms with Crippen molar-refractivity contribution in [3.63, 3.8) is 0 Å². The van der Waals surface area contributed by atoms with Gasteiger partial charge in [-0.25, -0.2) is 0 Å². The zero-order valence-corrected chi connectivity index (χ0v) is 15.1. The third kappa shape index (κ3) is 5.65. The Kier molecular flexibility index (Phi) is 7.87. The number of hydrogen-bond donors (Lipinski definition) is 2. The molecule has 2 N–H and O–H groups in total. The van der Waals surface area contributed by atoms with E-state index in [9.17, 15) is 0 Å². The minimum atomic E-state index is 0.375. The quantitative estimate of drug-likeness (QED) is 0.531. The first-order valence-electron chi connectivity index (χ1n) is 8.91. The molecule has 1 saturated heterocycles. The van der Waals surface area contributed by atoms with Crippen LogP contribution < -0.4 is 10.6 Å². The summed E-state index contributed by atoms with van der Waals surface area (Å²) in [5.41, 5.74) is 0.375. The Balaban J connectivity index is 1.86. The molecule has 1 aliphatic heterocycles. The third-order valence-electron chi connectivity index (χ3n) is 4.94. The van der Waals surface area contributed by atoms with E-state index in [2.05, 4.69) is 29.3 Å². The van der Waals surface area contributed by atoms with E-state index < -0.39 is 0 Å². The molecular formula is C17H33N3OS. The molecule has 0 aromatic carbocycles. The van der Waals surface area contributed by atoms with E-state index in [0.29, 0.717) is 5.41 Å². The molecule has 2 fully saturated rings. The van der Waals surface area contributed by atoms with Gasteiger partial charge in [-0.1, -0.05) is 12.8 Å². The normalized spacial score (nSPS) is 24.6. The summed E-state index contributed by atoms with van der Waals surface area (Å²) in [5, 5.41) is 7.71. The molecule has 0 aromatic heterocycles. The minimum absolute atomic E-state index is 0.375. The lowest BCUT2D eigenvalue weighted by molar-refractivity contribution is 0.141. The van der Waals surface area contributed by atoms with Crippen molar-refractivity contribution in [3.8, 4) is 0 Å². The van der Waals surface area contributed by atoms with Crippen LogP contribution >= 0.6 is 11.8 Å². The van der Waals surface area contributed by atoms with Crippen molar-refractivity contribution >= 4 is 17.7 Å². The molecule has 22 heavy (non-hydrogen) atoms. The highest BCUT2D eigenvalue weighted by molar-refractivity contribution is 8.00. The zero-order valence-electron chi connectivity index (χ0n) is 14.3. The fourth-order valence-corrected chi connectivity index (χ4v) is 4.74. The van der Waals surface area contributed by atoms with Gasteiger partial charge in [0.25, 0.3) is 0 Å². The molecule has 1 atom stereocenters. The number of nitrogens with one attached hydrogen (secondary N) is 2. The molecule has 5 heteroatoms. The van der Waals surface area contributed by atoms with E-state index in [1.165, 1.54) is 44.3 Å². The average Bonchev–Trinajstić information content (AvgIpc) is 3.20. The molecule has 1 saturated carbocycles. The van der Waals surface area contributed by atoms with E-state index in [-0.39, 0.29) is 0 Å². The van der Waals surface area contributed by atoms with Crippen LogP contribution in [0, 0.1) is 5.41 Å². The van der Waals surface area contributed by atoms with Gasteiger partial charge >= 0.3 is 0 Å². The van der Waals surface area contributed by atoms with E-state index in [4.69, 9.17) is 9.73 Å². The van der Waals surface area contributed by atoms with Gasteiger partial charge in [0.2, 0.25) is 0 Å². The Hall–Kier alpha value is -0.420. The van der Waals surface area contributed by atoms with E-state index in [1.54, 1.807) is 7.11 Å². The molecule has 0 amide bonds. The minimum Gasteiger partial charge on any atom is -0.385 e. The Morgan fingerprint density at radius 2 is 2.09 bits per heavy atom. The fraction of sp³-hybridized carbons (Fsp3) is 0.941. The van der Waals surface area contributed by atoms with Crippen LogP contribution in [0.3, 0.4) is 0 Å². The highest BCUT2D eigenvalue weighted by atomic mass is 32.2. The van der Waals surface area contributed by atoms with Gasteiger partial charge in [-0.3, -0.25) is 4.99 Å². The number of thioether (sulfide) groups is 1. The zero-order chi connectivity index (χ0) is 15.7. The maximum atomic E-state index is 5.32. The first kappa shape index (κ1) is 17.9. The molecule has 2 rings (SSSR count). The summed E-state index contributed by atoms with van der Waals surface area (Å²) in [6.45, 7) is 5.90. The van der Waals surface area contributed by atoms with Gasteiger partial charge in [0.05, 0.1) is 0 Å². The number of guanidine groups is 1. The number of nitrogens with zero attached hydrogens (tertiary/aromatic N) is 1.